The van der Waals surface area contributed by atoms with Gasteiger partial charge in [-0.1, -0.05) is 23.7 Å². The van der Waals surface area contributed by atoms with Crippen LogP contribution < -0.4 is 10.6 Å². The fourth-order valence-corrected chi connectivity index (χ4v) is 3.61. The Balaban J connectivity index is 2.34. The first-order valence-electron chi connectivity index (χ1n) is 6.06. The Morgan fingerprint density at radius 2 is 2.35 bits per heavy atom. The lowest BCUT2D eigenvalue weighted by Gasteiger charge is -2.37. The van der Waals surface area contributed by atoms with E-state index >= 15 is 0 Å². The summed E-state index contributed by atoms with van der Waals surface area (Å²) in [5, 5.41) is 0.856. The highest BCUT2D eigenvalue weighted by Gasteiger charge is 2.22. The molecule has 0 radical (unpaired) electrons. The monoisotopic (exact) mass is 270 g/mol. The average Bonchev–Trinajstić information content (AvgIpc) is 2.31. The summed E-state index contributed by atoms with van der Waals surface area (Å²) in [6.07, 6.45) is 0.895. The van der Waals surface area contributed by atoms with Crippen molar-refractivity contribution >= 4 is 29.1 Å². The number of hydrogen-bond donors (Lipinski definition) is 1. The molecule has 0 spiro atoms. The third-order valence-corrected chi connectivity index (χ3v) is 4.63. The minimum absolute atomic E-state index is 0.546. The number of hydrogen-bond acceptors (Lipinski definition) is 3. The highest BCUT2D eigenvalue weighted by Crippen LogP contribution is 2.34. The Bertz CT molecular complexity index is 384. The predicted molar refractivity (Wildman–Crippen MR) is 78.3 cm³/mol. The number of benzene rings is 1. The molecule has 94 valence electrons. The van der Waals surface area contributed by atoms with Crippen LogP contribution in [0.3, 0.4) is 0 Å². The van der Waals surface area contributed by atoms with Gasteiger partial charge >= 0.3 is 0 Å². The number of nitrogens with zero attached hydrogens (tertiary/aromatic N) is 1. The molecule has 2 N–H and O–H groups in total. The molecule has 1 unspecified atom stereocenters. The van der Waals surface area contributed by atoms with Gasteiger partial charge in [-0.15, -0.1) is 0 Å². The van der Waals surface area contributed by atoms with Crippen LogP contribution >= 0.6 is 23.4 Å². The quantitative estimate of drug-likeness (QED) is 0.916. The van der Waals surface area contributed by atoms with Crippen molar-refractivity contribution in [2.75, 3.05) is 29.5 Å². The molecule has 17 heavy (non-hydrogen) atoms. The van der Waals surface area contributed by atoms with Crippen LogP contribution in [0.1, 0.15) is 12.5 Å². The van der Waals surface area contributed by atoms with Crippen molar-refractivity contribution in [2.24, 2.45) is 5.73 Å². The normalized spacial score (nSPS) is 20.6. The lowest BCUT2D eigenvalue weighted by molar-refractivity contribution is 0.695. The van der Waals surface area contributed by atoms with E-state index in [1.54, 1.807) is 0 Å². The second-order valence-electron chi connectivity index (χ2n) is 4.40. The zero-order chi connectivity index (χ0) is 12.3. The number of anilines is 1. The molecular weight excluding hydrogens is 252 g/mol. The first kappa shape index (κ1) is 13.1. The van der Waals surface area contributed by atoms with Crippen LogP contribution in [0, 0.1) is 0 Å². The third kappa shape index (κ3) is 2.90. The van der Waals surface area contributed by atoms with Gasteiger partial charge in [0.25, 0.3) is 0 Å². The summed E-state index contributed by atoms with van der Waals surface area (Å²) in [7, 11) is 0. The Morgan fingerprint density at radius 1 is 1.53 bits per heavy atom. The van der Waals surface area contributed by atoms with Gasteiger partial charge in [0.15, 0.2) is 0 Å². The summed E-state index contributed by atoms with van der Waals surface area (Å²) in [4.78, 5) is 2.43. The highest BCUT2D eigenvalue weighted by atomic mass is 35.5. The van der Waals surface area contributed by atoms with Gasteiger partial charge in [-0.2, -0.15) is 11.8 Å². The molecule has 2 rings (SSSR count). The standard InChI is InChI=1S/C13H19ClN2S/c1-10-9-17-8-7-16(10)13-11(5-6-15)3-2-4-12(13)14/h2-4,10H,5-9,15H2,1H3. The fourth-order valence-electron chi connectivity index (χ4n) is 2.30. The molecule has 1 aliphatic rings. The van der Waals surface area contributed by atoms with Crippen molar-refractivity contribution in [1.82, 2.24) is 0 Å². The van der Waals surface area contributed by atoms with Crippen molar-refractivity contribution < 1.29 is 0 Å². The van der Waals surface area contributed by atoms with Crippen LogP contribution in [-0.4, -0.2) is 30.6 Å². The molecule has 1 aromatic carbocycles. The molecule has 0 aromatic heterocycles. The molecule has 0 saturated carbocycles. The van der Waals surface area contributed by atoms with Crippen LogP contribution in [0.15, 0.2) is 18.2 Å². The van der Waals surface area contributed by atoms with Gasteiger partial charge in [0.05, 0.1) is 10.7 Å². The lowest BCUT2D eigenvalue weighted by Crippen LogP contribution is -2.41. The van der Waals surface area contributed by atoms with E-state index in [4.69, 9.17) is 17.3 Å². The molecule has 4 heteroatoms. The van der Waals surface area contributed by atoms with E-state index in [1.165, 1.54) is 22.8 Å². The average molecular weight is 271 g/mol. The number of rotatable bonds is 3. The number of halogens is 1. The van der Waals surface area contributed by atoms with Gasteiger partial charge in [-0.25, -0.2) is 0 Å². The molecule has 1 fully saturated rings. The second kappa shape index (κ2) is 5.98. The predicted octanol–water partition coefficient (Wildman–Crippen LogP) is 2.78. The van der Waals surface area contributed by atoms with Crippen LogP contribution in [0.2, 0.25) is 5.02 Å². The molecule has 0 amide bonds. The molecule has 1 aromatic rings. The van der Waals surface area contributed by atoms with Gasteiger partial charge in [-0.05, 0) is 31.5 Å². The highest BCUT2D eigenvalue weighted by molar-refractivity contribution is 7.99. The molecule has 0 aliphatic carbocycles. The first-order valence-corrected chi connectivity index (χ1v) is 7.59. The van der Waals surface area contributed by atoms with Crippen molar-refractivity contribution in [3.05, 3.63) is 28.8 Å². The Hall–Kier alpha value is -0.380. The van der Waals surface area contributed by atoms with E-state index in [2.05, 4.69) is 17.9 Å². The summed E-state index contributed by atoms with van der Waals surface area (Å²) < 4.78 is 0. The summed E-state index contributed by atoms with van der Waals surface area (Å²) in [5.41, 5.74) is 8.16. The molecule has 1 atom stereocenters. The van der Waals surface area contributed by atoms with E-state index in [0.29, 0.717) is 12.6 Å². The maximum Gasteiger partial charge on any atom is 0.0642 e. The van der Waals surface area contributed by atoms with Gasteiger partial charge < -0.3 is 10.6 Å². The molecule has 0 bridgehead atoms. The zero-order valence-electron chi connectivity index (χ0n) is 10.2. The van der Waals surface area contributed by atoms with E-state index in [0.717, 1.165) is 18.0 Å². The topological polar surface area (TPSA) is 29.3 Å². The SMILES string of the molecule is CC1CSCCN1c1c(Cl)cccc1CCN. The van der Waals surface area contributed by atoms with E-state index in [-0.39, 0.29) is 0 Å². The minimum Gasteiger partial charge on any atom is -0.366 e. The smallest absolute Gasteiger partial charge is 0.0642 e. The molecule has 1 heterocycles. The molecule has 1 aliphatic heterocycles. The first-order chi connectivity index (χ1) is 8.24. The number of thioether (sulfide) groups is 1. The Kier molecular flexibility index (Phi) is 4.60. The van der Waals surface area contributed by atoms with Crippen molar-refractivity contribution in [3.8, 4) is 0 Å². The molecule has 2 nitrogen and oxygen atoms in total. The van der Waals surface area contributed by atoms with Crippen LogP contribution in [0.4, 0.5) is 5.69 Å². The molecule has 1 saturated heterocycles. The third-order valence-electron chi connectivity index (χ3n) is 3.14. The zero-order valence-corrected chi connectivity index (χ0v) is 11.7. The largest absolute Gasteiger partial charge is 0.366 e. The molecular formula is C13H19ClN2S. The van der Waals surface area contributed by atoms with E-state index in [1.807, 2.05) is 23.9 Å². The summed E-state index contributed by atoms with van der Waals surface area (Å²) in [5.74, 6) is 2.35. The second-order valence-corrected chi connectivity index (χ2v) is 5.96. The van der Waals surface area contributed by atoms with Crippen LogP contribution in [-0.2, 0) is 6.42 Å². The lowest BCUT2D eigenvalue weighted by atomic mass is 10.1. The summed E-state index contributed by atoms with van der Waals surface area (Å²) in [6, 6.07) is 6.68. The van der Waals surface area contributed by atoms with Gasteiger partial charge in [0, 0.05) is 24.1 Å². The summed E-state index contributed by atoms with van der Waals surface area (Å²) >= 11 is 8.39. The van der Waals surface area contributed by atoms with Crippen molar-refractivity contribution in [3.63, 3.8) is 0 Å². The van der Waals surface area contributed by atoms with Crippen LogP contribution in [0.5, 0.6) is 0 Å². The Labute approximate surface area is 113 Å². The number of para-hydroxylation sites is 1. The maximum atomic E-state index is 6.37. The minimum atomic E-state index is 0.546. The van der Waals surface area contributed by atoms with Crippen molar-refractivity contribution in [1.29, 1.82) is 0 Å². The summed E-state index contributed by atoms with van der Waals surface area (Å²) in [6.45, 7) is 4.01. The number of nitrogens with two attached hydrogens (primary N) is 1. The Morgan fingerprint density at radius 3 is 3.06 bits per heavy atom. The van der Waals surface area contributed by atoms with E-state index in [9.17, 15) is 0 Å². The van der Waals surface area contributed by atoms with Gasteiger partial charge in [0.2, 0.25) is 0 Å². The van der Waals surface area contributed by atoms with E-state index < -0.39 is 0 Å². The fraction of sp³-hybridized carbons (Fsp3) is 0.538. The van der Waals surface area contributed by atoms with Gasteiger partial charge in [-0.3, -0.25) is 0 Å². The van der Waals surface area contributed by atoms with Gasteiger partial charge in [0.1, 0.15) is 0 Å². The van der Waals surface area contributed by atoms with Crippen molar-refractivity contribution in [2.45, 2.75) is 19.4 Å². The maximum absolute atomic E-state index is 6.37. The van der Waals surface area contributed by atoms with Crippen LogP contribution in [0.25, 0.3) is 0 Å².